The van der Waals surface area contributed by atoms with Gasteiger partial charge in [-0.1, -0.05) is 30.3 Å². The smallest absolute Gasteiger partial charge is 0.256 e. The molecule has 26 heavy (non-hydrogen) atoms. The fourth-order valence-corrected chi connectivity index (χ4v) is 3.43. The number of nitrogens with one attached hydrogen (secondary N) is 1. The molecule has 0 saturated carbocycles. The molecule has 130 valence electrons. The molecule has 0 fully saturated rings. The standard InChI is InChI=1S/C21H18N2O2S/c1-25-15-9-7-14(8-10-15)18(13-16(26-2)11-12-22)20-17-5-3-4-6-19(17)23-21(20)24/h3-11H,13H2,1-2H3,(H,23,24)/b16-11-,20-18+. The van der Waals surface area contributed by atoms with Crippen LogP contribution >= 0.6 is 11.8 Å². The van der Waals surface area contributed by atoms with E-state index in [2.05, 4.69) is 11.4 Å². The topological polar surface area (TPSA) is 62.1 Å². The molecule has 2 aromatic rings. The average Bonchev–Trinajstić information content (AvgIpc) is 3.01. The van der Waals surface area contributed by atoms with Crippen molar-refractivity contribution in [2.75, 3.05) is 18.7 Å². The van der Waals surface area contributed by atoms with E-state index in [1.165, 1.54) is 17.8 Å². The molecule has 1 N–H and O–H groups in total. The number of amides is 1. The molecule has 0 radical (unpaired) electrons. The number of carbonyl (C=O) groups is 1. The van der Waals surface area contributed by atoms with Crippen LogP contribution in [0.4, 0.5) is 5.69 Å². The Labute approximate surface area is 157 Å². The van der Waals surface area contributed by atoms with Gasteiger partial charge in [0, 0.05) is 23.7 Å². The van der Waals surface area contributed by atoms with Crippen LogP contribution in [0.3, 0.4) is 0 Å². The van der Waals surface area contributed by atoms with Crippen LogP contribution in [-0.2, 0) is 4.79 Å². The average molecular weight is 362 g/mol. The highest BCUT2D eigenvalue weighted by Crippen LogP contribution is 2.40. The summed E-state index contributed by atoms with van der Waals surface area (Å²) < 4.78 is 5.24. The first-order chi connectivity index (χ1) is 12.7. The van der Waals surface area contributed by atoms with Crippen LogP contribution in [0, 0.1) is 11.3 Å². The minimum atomic E-state index is -0.116. The second-order valence-corrected chi connectivity index (χ2v) is 6.64. The Kier molecular flexibility index (Phi) is 5.45. The van der Waals surface area contributed by atoms with Crippen LogP contribution in [0.25, 0.3) is 11.1 Å². The highest BCUT2D eigenvalue weighted by Gasteiger charge is 2.27. The van der Waals surface area contributed by atoms with E-state index < -0.39 is 0 Å². The number of hydrogen-bond acceptors (Lipinski definition) is 4. The summed E-state index contributed by atoms with van der Waals surface area (Å²) in [5.41, 5.74) is 4.19. The van der Waals surface area contributed by atoms with Gasteiger partial charge >= 0.3 is 0 Å². The van der Waals surface area contributed by atoms with Gasteiger partial charge < -0.3 is 10.1 Å². The molecule has 4 nitrogen and oxygen atoms in total. The summed E-state index contributed by atoms with van der Waals surface area (Å²) >= 11 is 1.51. The number of anilines is 1. The van der Waals surface area contributed by atoms with Crippen LogP contribution < -0.4 is 10.1 Å². The van der Waals surface area contributed by atoms with Crippen molar-refractivity contribution in [3.8, 4) is 11.8 Å². The Morgan fingerprint density at radius 1 is 1.23 bits per heavy atom. The lowest BCUT2D eigenvalue weighted by atomic mass is 9.93. The van der Waals surface area contributed by atoms with Gasteiger partial charge in [0.2, 0.25) is 0 Å². The molecule has 0 unspecified atom stereocenters. The van der Waals surface area contributed by atoms with Crippen LogP contribution in [0.15, 0.2) is 59.5 Å². The molecular weight excluding hydrogens is 344 g/mol. The third-order valence-corrected chi connectivity index (χ3v) is 5.04. The third-order valence-electron chi connectivity index (χ3n) is 4.25. The van der Waals surface area contributed by atoms with Crippen molar-refractivity contribution in [2.45, 2.75) is 6.42 Å². The summed E-state index contributed by atoms with van der Waals surface area (Å²) in [6, 6.07) is 17.4. The van der Waals surface area contributed by atoms with Crippen molar-refractivity contribution in [1.82, 2.24) is 0 Å². The number of nitriles is 1. The summed E-state index contributed by atoms with van der Waals surface area (Å²) in [7, 11) is 1.62. The van der Waals surface area contributed by atoms with Gasteiger partial charge in [-0.2, -0.15) is 5.26 Å². The van der Waals surface area contributed by atoms with E-state index >= 15 is 0 Å². The van der Waals surface area contributed by atoms with Gasteiger partial charge in [0.25, 0.3) is 5.91 Å². The van der Waals surface area contributed by atoms with Crippen LogP contribution in [0.5, 0.6) is 5.75 Å². The number of benzene rings is 2. The zero-order valence-corrected chi connectivity index (χ0v) is 15.4. The van der Waals surface area contributed by atoms with E-state index in [0.717, 1.165) is 33.0 Å². The lowest BCUT2D eigenvalue weighted by molar-refractivity contribution is -0.110. The quantitative estimate of drug-likeness (QED) is 0.617. The molecule has 1 aliphatic rings. The first kappa shape index (κ1) is 17.8. The Bertz CT molecular complexity index is 937. The van der Waals surface area contributed by atoms with Crippen LogP contribution in [0.2, 0.25) is 0 Å². The fraction of sp³-hybridized carbons (Fsp3) is 0.143. The van der Waals surface area contributed by atoms with Crippen LogP contribution in [0.1, 0.15) is 17.5 Å². The maximum Gasteiger partial charge on any atom is 0.256 e. The summed E-state index contributed by atoms with van der Waals surface area (Å²) in [6.45, 7) is 0. The van der Waals surface area contributed by atoms with Crippen molar-refractivity contribution in [2.24, 2.45) is 0 Å². The van der Waals surface area contributed by atoms with Gasteiger partial charge in [-0.3, -0.25) is 4.79 Å². The van der Waals surface area contributed by atoms with Gasteiger partial charge in [-0.05, 0) is 40.5 Å². The van der Waals surface area contributed by atoms with E-state index in [9.17, 15) is 4.79 Å². The number of methoxy groups -OCH3 is 1. The monoisotopic (exact) mass is 362 g/mol. The highest BCUT2D eigenvalue weighted by atomic mass is 32.2. The Morgan fingerprint density at radius 2 is 1.96 bits per heavy atom. The second-order valence-electron chi connectivity index (χ2n) is 5.70. The van der Waals surface area contributed by atoms with E-state index in [1.807, 2.05) is 54.8 Å². The first-order valence-electron chi connectivity index (χ1n) is 8.09. The van der Waals surface area contributed by atoms with Crippen molar-refractivity contribution < 1.29 is 9.53 Å². The summed E-state index contributed by atoms with van der Waals surface area (Å²) in [5, 5.41) is 12.0. The SMILES string of the molecule is COc1ccc(/C(C/C(=C/C#N)SC)=C2/C(=O)Nc3ccccc32)cc1. The minimum absolute atomic E-state index is 0.116. The molecule has 0 bridgehead atoms. The molecule has 1 amide bonds. The van der Waals surface area contributed by atoms with Crippen molar-refractivity contribution >= 4 is 34.5 Å². The zero-order valence-electron chi connectivity index (χ0n) is 14.6. The van der Waals surface area contributed by atoms with Gasteiger partial charge in [-0.25, -0.2) is 0 Å². The number of para-hydroxylation sites is 1. The van der Waals surface area contributed by atoms with Gasteiger partial charge in [0.15, 0.2) is 0 Å². The van der Waals surface area contributed by atoms with Crippen molar-refractivity contribution in [1.29, 1.82) is 5.26 Å². The second kappa shape index (κ2) is 7.94. The maximum atomic E-state index is 12.7. The fourth-order valence-electron chi connectivity index (χ4n) is 2.97. The third kappa shape index (κ3) is 3.51. The number of fused-ring (bicyclic) bond motifs is 1. The molecule has 5 heteroatoms. The zero-order chi connectivity index (χ0) is 18.5. The molecule has 2 aromatic carbocycles. The van der Waals surface area contributed by atoms with Crippen molar-refractivity contribution in [3.63, 3.8) is 0 Å². The Morgan fingerprint density at radius 3 is 2.62 bits per heavy atom. The maximum absolute atomic E-state index is 12.7. The van der Waals surface area contributed by atoms with E-state index in [-0.39, 0.29) is 5.91 Å². The highest BCUT2D eigenvalue weighted by molar-refractivity contribution is 8.02. The number of thioether (sulfide) groups is 1. The molecule has 0 atom stereocenters. The summed E-state index contributed by atoms with van der Waals surface area (Å²) in [5.74, 6) is 0.640. The van der Waals surface area contributed by atoms with E-state index in [4.69, 9.17) is 10.00 Å². The molecule has 3 rings (SSSR count). The number of nitrogens with zero attached hydrogens (tertiary/aromatic N) is 1. The number of ether oxygens (including phenoxy) is 1. The molecule has 0 aromatic heterocycles. The first-order valence-corrected chi connectivity index (χ1v) is 9.31. The van der Waals surface area contributed by atoms with E-state index in [0.29, 0.717) is 12.0 Å². The normalized spacial score (nSPS) is 15.1. The largest absolute Gasteiger partial charge is 0.497 e. The number of rotatable bonds is 5. The van der Waals surface area contributed by atoms with Crippen molar-refractivity contribution in [3.05, 3.63) is 70.6 Å². The number of allylic oxidation sites excluding steroid dienone is 3. The Balaban J connectivity index is 2.19. The van der Waals surface area contributed by atoms with Gasteiger partial charge in [-0.15, -0.1) is 11.8 Å². The molecule has 1 heterocycles. The summed E-state index contributed by atoms with van der Waals surface area (Å²) in [6.07, 6.45) is 3.98. The number of carbonyl (C=O) groups excluding carboxylic acids is 1. The van der Waals surface area contributed by atoms with Gasteiger partial charge in [0.1, 0.15) is 5.75 Å². The van der Waals surface area contributed by atoms with Crippen LogP contribution in [-0.4, -0.2) is 19.3 Å². The minimum Gasteiger partial charge on any atom is -0.497 e. The molecular formula is C21H18N2O2S. The number of hydrogen-bond donors (Lipinski definition) is 1. The predicted octanol–water partition coefficient (Wildman–Crippen LogP) is 4.72. The summed E-state index contributed by atoms with van der Waals surface area (Å²) in [4.78, 5) is 13.6. The van der Waals surface area contributed by atoms with E-state index in [1.54, 1.807) is 7.11 Å². The molecule has 1 aliphatic heterocycles. The lowest BCUT2D eigenvalue weighted by Gasteiger charge is -2.13. The van der Waals surface area contributed by atoms with Gasteiger partial charge in [0.05, 0.1) is 18.8 Å². The molecule has 0 spiro atoms. The lowest BCUT2D eigenvalue weighted by Crippen LogP contribution is -2.06. The molecule has 0 aliphatic carbocycles. The molecule has 0 saturated heterocycles. The Hall–Kier alpha value is -2.97. The predicted molar refractivity (Wildman–Crippen MR) is 107 cm³/mol.